The minimum atomic E-state index is -1.70. The van der Waals surface area contributed by atoms with Crippen LogP contribution in [0.15, 0.2) is 11.0 Å². The number of thioether (sulfide) groups is 1. The minimum absolute atomic E-state index is 0.0253. The van der Waals surface area contributed by atoms with Gasteiger partial charge in [-0.2, -0.15) is 0 Å². The smallest absolute Gasteiger partial charge is 0.349 e. The minimum Gasteiger partial charge on any atom is -0.478 e. The van der Waals surface area contributed by atoms with Crippen molar-refractivity contribution in [2.24, 2.45) is 0 Å². The Balaban J connectivity index is 2.42. The molecule has 10 heteroatoms. The molecule has 1 N–H and O–H groups in total. The highest BCUT2D eigenvalue weighted by molar-refractivity contribution is 8.02. The van der Waals surface area contributed by atoms with Gasteiger partial charge in [0.2, 0.25) is 6.10 Å². The first kappa shape index (κ1) is 21.2. The Labute approximate surface area is 161 Å². The van der Waals surface area contributed by atoms with E-state index in [1.807, 2.05) is 0 Å². The standard InChI is InChI=1S/C17H23NO8S/c1-6-9(19)25-11(15(21)22)8-7-27-14-12(24-5)13(20)18(14)10(8)16(23)26-17(2,3)4/h7,10-12,14H,6H2,1-5H3,(H,21,22). The molecule has 0 spiro atoms. The number of carboxylic acids is 1. The van der Waals surface area contributed by atoms with Crippen LogP contribution in [0.4, 0.5) is 0 Å². The van der Waals surface area contributed by atoms with Crippen LogP contribution in [-0.2, 0) is 33.4 Å². The third-order valence-electron chi connectivity index (χ3n) is 3.92. The molecule has 1 saturated heterocycles. The summed E-state index contributed by atoms with van der Waals surface area (Å²) in [6.07, 6.45) is -2.46. The molecule has 0 aromatic carbocycles. The summed E-state index contributed by atoms with van der Waals surface area (Å²) in [5, 5.41) is 10.5. The van der Waals surface area contributed by atoms with Crippen molar-refractivity contribution in [1.82, 2.24) is 4.90 Å². The largest absolute Gasteiger partial charge is 0.478 e. The second-order valence-electron chi connectivity index (χ2n) is 7.04. The maximum Gasteiger partial charge on any atom is 0.349 e. The van der Waals surface area contributed by atoms with E-state index in [0.717, 1.165) is 11.8 Å². The van der Waals surface area contributed by atoms with Crippen molar-refractivity contribution in [3.63, 3.8) is 0 Å². The topological polar surface area (TPSA) is 119 Å². The highest BCUT2D eigenvalue weighted by Gasteiger charge is 2.58. The summed E-state index contributed by atoms with van der Waals surface area (Å²) in [6.45, 7) is 6.50. The first-order valence-electron chi connectivity index (χ1n) is 8.37. The number of fused-ring (bicyclic) bond motifs is 1. The number of nitrogens with zero attached hydrogens (tertiary/aromatic N) is 1. The van der Waals surface area contributed by atoms with Crippen molar-refractivity contribution >= 4 is 35.6 Å². The van der Waals surface area contributed by atoms with Crippen LogP contribution in [0.3, 0.4) is 0 Å². The quantitative estimate of drug-likeness (QED) is 0.512. The molecule has 27 heavy (non-hydrogen) atoms. The zero-order valence-corrected chi connectivity index (χ0v) is 16.6. The monoisotopic (exact) mass is 401 g/mol. The fraction of sp³-hybridized carbons (Fsp3) is 0.647. The van der Waals surface area contributed by atoms with Gasteiger partial charge in [0.25, 0.3) is 5.91 Å². The Morgan fingerprint density at radius 1 is 1.33 bits per heavy atom. The number of rotatable bonds is 6. The molecule has 4 unspecified atom stereocenters. The van der Waals surface area contributed by atoms with Crippen molar-refractivity contribution < 1.29 is 38.5 Å². The van der Waals surface area contributed by atoms with Gasteiger partial charge in [0.1, 0.15) is 11.0 Å². The zero-order valence-electron chi connectivity index (χ0n) is 15.8. The van der Waals surface area contributed by atoms with E-state index >= 15 is 0 Å². The Morgan fingerprint density at radius 2 is 1.96 bits per heavy atom. The number of carbonyl (C=O) groups excluding carboxylic acids is 3. The summed E-state index contributed by atoms with van der Waals surface area (Å²) in [4.78, 5) is 49.8. The molecule has 0 bridgehead atoms. The van der Waals surface area contributed by atoms with Gasteiger partial charge < -0.3 is 24.2 Å². The summed E-state index contributed by atoms with van der Waals surface area (Å²) in [5.41, 5.74) is -0.877. The van der Waals surface area contributed by atoms with Crippen molar-refractivity contribution in [2.75, 3.05) is 7.11 Å². The third kappa shape index (κ3) is 4.27. The van der Waals surface area contributed by atoms with E-state index in [4.69, 9.17) is 14.2 Å². The lowest BCUT2D eigenvalue weighted by atomic mass is 9.95. The first-order valence-corrected chi connectivity index (χ1v) is 9.31. The normalized spacial score (nSPS) is 25.7. The molecule has 2 aliphatic rings. The molecule has 1 fully saturated rings. The van der Waals surface area contributed by atoms with E-state index in [9.17, 15) is 24.3 Å². The van der Waals surface area contributed by atoms with Crippen LogP contribution in [0, 0.1) is 0 Å². The Bertz CT molecular complexity index is 683. The second kappa shape index (κ2) is 7.89. The van der Waals surface area contributed by atoms with E-state index in [2.05, 4.69) is 0 Å². The number of esters is 2. The third-order valence-corrected chi connectivity index (χ3v) is 5.08. The number of hydrogen-bond acceptors (Lipinski definition) is 8. The van der Waals surface area contributed by atoms with Crippen LogP contribution in [0.2, 0.25) is 0 Å². The number of amides is 1. The average molecular weight is 401 g/mol. The van der Waals surface area contributed by atoms with Crippen molar-refractivity contribution in [2.45, 2.75) is 63.3 Å². The summed E-state index contributed by atoms with van der Waals surface area (Å²) < 4.78 is 15.5. The van der Waals surface area contributed by atoms with Crippen LogP contribution in [-0.4, -0.2) is 70.2 Å². The Morgan fingerprint density at radius 3 is 2.44 bits per heavy atom. The predicted octanol–water partition coefficient (Wildman–Crippen LogP) is 0.917. The van der Waals surface area contributed by atoms with Crippen LogP contribution >= 0.6 is 11.8 Å². The molecule has 0 radical (unpaired) electrons. The van der Waals surface area contributed by atoms with Gasteiger partial charge in [-0.25, -0.2) is 9.59 Å². The lowest BCUT2D eigenvalue weighted by Crippen LogP contribution is -2.71. The highest BCUT2D eigenvalue weighted by atomic mass is 32.2. The second-order valence-corrected chi connectivity index (χ2v) is 8.03. The van der Waals surface area contributed by atoms with E-state index in [1.54, 1.807) is 20.8 Å². The number of methoxy groups -OCH3 is 1. The Hall–Kier alpha value is -2.07. The molecule has 0 aromatic rings. The molecule has 2 rings (SSSR count). The van der Waals surface area contributed by atoms with Gasteiger partial charge in [-0.3, -0.25) is 9.59 Å². The number of ether oxygens (including phenoxy) is 3. The predicted molar refractivity (Wildman–Crippen MR) is 94.5 cm³/mol. The lowest BCUT2D eigenvalue weighted by Gasteiger charge is -2.51. The van der Waals surface area contributed by atoms with E-state index < -0.39 is 53.0 Å². The molecule has 0 saturated carbocycles. The molecular weight excluding hydrogens is 378 g/mol. The van der Waals surface area contributed by atoms with E-state index in [-0.39, 0.29) is 12.0 Å². The van der Waals surface area contributed by atoms with Gasteiger partial charge in [-0.15, -0.1) is 11.8 Å². The fourth-order valence-corrected chi connectivity index (χ4v) is 4.02. The number of carbonyl (C=O) groups is 4. The fourth-order valence-electron chi connectivity index (χ4n) is 2.75. The van der Waals surface area contributed by atoms with E-state index in [0.29, 0.717) is 0 Å². The lowest BCUT2D eigenvalue weighted by molar-refractivity contribution is -0.180. The van der Waals surface area contributed by atoms with Crippen molar-refractivity contribution in [3.05, 3.63) is 11.0 Å². The molecule has 2 heterocycles. The van der Waals surface area contributed by atoms with Gasteiger partial charge in [0.05, 0.1) is 0 Å². The van der Waals surface area contributed by atoms with Crippen molar-refractivity contribution in [3.8, 4) is 0 Å². The molecule has 150 valence electrons. The summed E-state index contributed by atoms with van der Waals surface area (Å²) in [5.74, 6) is -3.42. The maximum atomic E-state index is 12.8. The molecule has 2 aliphatic heterocycles. The first-order chi connectivity index (χ1) is 12.5. The van der Waals surface area contributed by atoms with Crippen LogP contribution in [0.1, 0.15) is 34.1 Å². The van der Waals surface area contributed by atoms with Crippen LogP contribution < -0.4 is 0 Å². The van der Waals surface area contributed by atoms with Gasteiger partial charge in [-0.1, -0.05) is 6.92 Å². The van der Waals surface area contributed by atoms with Gasteiger partial charge in [-0.05, 0) is 26.2 Å². The zero-order chi connectivity index (χ0) is 20.5. The summed E-state index contributed by atoms with van der Waals surface area (Å²) >= 11 is 1.13. The Kier molecular flexibility index (Phi) is 6.21. The van der Waals surface area contributed by atoms with Gasteiger partial charge in [0, 0.05) is 19.1 Å². The molecule has 0 aliphatic carbocycles. The number of hydrogen-bond donors (Lipinski definition) is 1. The maximum absolute atomic E-state index is 12.8. The molecule has 1 amide bonds. The van der Waals surface area contributed by atoms with Gasteiger partial charge in [0.15, 0.2) is 12.1 Å². The van der Waals surface area contributed by atoms with Crippen LogP contribution in [0.5, 0.6) is 0 Å². The van der Waals surface area contributed by atoms with Gasteiger partial charge >= 0.3 is 17.9 Å². The highest BCUT2D eigenvalue weighted by Crippen LogP contribution is 2.43. The van der Waals surface area contributed by atoms with E-state index in [1.165, 1.54) is 24.3 Å². The van der Waals surface area contributed by atoms with Crippen molar-refractivity contribution in [1.29, 1.82) is 0 Å². The summed E-state index contributed by atoms with van der Waals surface area (Å²) in [6, 6.07) is -1.31. The molecular formula is C17H23NO8S. The average Bonchev–Trinajstić information content (AvgIpc) is 2.56. The molecule has 4 atom stereocenters. The number of carboxylic acid groups (broad SMARTS) is 1. The SMILES string of the molecule is CCC(=O)OC(C(=O)O)C1=CSC2C(OC)C(=O)N2C1C(=O)OC(C)(C)C. The summed E-state index contributed by atoms with van der Waals surface area (Å²) in [7, 11) is 1.38. The number of aliphatic carboxylic acids is 1. The molecule has 0 aromatic heterocycles. The number of β-lactam (4-membered cyclic amide) rings is 1. The molecule has 9 nitrogen and oxygen atoms in total. The van der Waals surface area contributed by atoms with Crippen LogP contribution in [0.25, 0.3) is 0 Å².